The number of unbranched alkanes of at least 4 members (excludes halogenated alkanes) is 1. The molecular weight excluding hydrogens is 392 g/mol. The molecule has 30 heavy (non-hydrogen) atoms. The fourth-order valence-corrected chi connectivity index (χ4v) is 2.48. The molecule has 0 aliphatic heterocycles. The third-order valence-corrected chi connectivity index (χ3v) is 4.10. The van der Waals surface area contributed by atoms with Crippen LogP contribution < -0.4 is 5.32 Å². The van der Waals surface area contributed by atoms with Gasteiger partial charge >= 0.3 is 11.9 Å². The number of carbonyl (C=O) groups excluding carboxylic acids is 3. The van der Waals surface area contributed by atoms with E-state index < -0.39 is 29.4 Å². The number of carbonyl (C=O) groups is 3. The molecule has 0 atom stereocenters. The zero-order chi connectivity index (χ0) is 22.1. The van der Waals surface area contributed by atoms with E-state index in [2.05, 4.69) is 5.32 Å². The predicted molar refractivity (Wildman–Crippen MR) is 108 cm³/mol. The number of amides is 1. The van der Waals surface area contributed by atoms with Crippen molar-refractivity contribution in [1.29, 1.82) is 0 Å². The number of hydrogen-bond donors (Lipinski definition) is 1. The first-order chi connectivity index (χ1) is 14.3. The van der Waals surface area contributed by atoms with Crippen molar-refractivity contribution in [2.45, 2.75) is 26.7 Å². The van der Waals surface area contributed by atoms with E-state index in [0.717, 1.165) is 12.8 Å². The predicted octanol–water partition coefficient (Wildman–Crippen LogP) is 3.66. The monoisotopic (exact) mass is 414 g/mol. The number of nitro groups is 1. The van der Waals surface area contributed by atoms with Gasteiger partial charge in [-0.1, -0.05) is 13.3 Å². The fourth-order valence-electron chi connectivity index (χ4n) is 2.48. The summed E-state index contributed by atoms with van der Waals surface area (Å²) in [5.41, 5.74) is 1.10. The minimum absolute atomic E-state index is 0.108. The summed E-state index contributed by atoms with van der Waals surface area (Å²) in [6.07, 6.45) is 1.71. The largest absolute Gasteiger partial charge is 0.462 e. The van der Waals surface area contributed by atoms with Crippen LogP contribution in [-0.2, 0) is 14.3 Å². The summed E-state index contributed by atoms with van der Waals surface area (Å²) < 4.78 is 10.0. The maximum atomic E-state index is 12.0. The smallest absolute Gasteiger partial charge is 0.338 e. The summed E-state index contributed by atoms with van der Waals surface area (Å²) in [6.45, 7) is 3.32. The first kappa shape index (κ1) is 22.5. The van der Waals surface area contributed by atoms with Gasteiger partial charge in [0.15, 0.2) is 6.61 Å². The minimum atomic E-state index is -0.770. The van der Waals surface area contributed by atoms with Gasteiger partial charge in [0, 0.05) is 17.3 Å². The highest BCUT2D eigenvalue weighted by atomic mass is 16.6. The second-order valence-corrected chi connectivity index (χ2v) is 6.45. The van der Waals surface area contributed by atoms with Gasteiger partial charge in [-0.05, 0) is 49.7 Å². The third kappa shape index (κ3) is 6.40. The molecule has 1 N–H and O–H groups in total. The van der Waals surface area contributed by atoms with Crippen LogP contribution in [0.5, 0.6) is 0 Å². The zero-order valence-electron chi connectivity index (χ0n) is 16.7. The molecule has 0 bridgehead atoms. The van der Waals surface area contributed by atoms with E-state index in [0.29, 0.717) is 23.4 Å². The van der Waals surface area contributed by atoms with Crippen LogP contribution in [0.1, 0.15) is 46.0 Å². The van der Waals surface area contributed by atoms with Crippen molar-refractivity contribution in [3.63, 3.8) is 0 Å². The van der Waals surface area contributed by atoms with Crippen LogP contribution in [-0.4, -0.2) is 36.0 Å². The Labute approximate surface area is 173 Å². The minimum Gasteiger partial charge on any atom is -0.462 e. The number of ether oxygens (including phenoxy) is 2. The zero-order valence-corrected chi connectivity index (χ0v) is 16.7. The van der Waals surface area contributed by atoms with Crippen LogP contribution in [0.15, 0.2) is 42.5 Å². The van der Waals surface area contributed by atoms with Gasteiger partial charge in [-0.25, -0.2) is 9.59 Å². The summed E-state index contributed by atoms with van der Waals surface area (Å²) in [6, 6.07) is 9.93. The lowest BCUT2D eigenvalue weighted by Crippen LogP contribution is -2.21. The number of benzene rings is 2. The summed E-state index contributed by atoms with van der Waals surface area (Å²) in [7, 11) is 0. The number of anilines is 1. The fraction of sp³-hybridized carbons (Fsp3) is 0.286. The topological polar surface area (TPSA) is 125 Å². The third-order valence-electron chi connectivity index (χ3n) is 4.10. The number of nitrogens with one attached hydrogen (secondary N) is 1. The molecule has 0 heterocycles. The summed E-state index contributed by atoms with van der Waals surface area (Å²) in [5.74, 6) is -1.78. The molecular formula is C21H22N2O7. The standard InChI is InChI=1S/C21H22N2O7/c1-3-4-11-29-20(25)15-5-8-17(9-6-15)22-19(24)13-30-21(26)16-7-10-18(23(27)28)14(2)12-16/h5-10,12H,3-4,11,13H2,1-2H3,(H,22,24). The Balaban J connectivity index is 1.85. The van der Waals surface area contributed by atoms with Gasteiger partial charge in [-0.15, -0.1) is 0 Å². The first-order valence-corrected chi connectivity index (χ1v) is 9.31. The highest BCUT2D eigenvalue weighted by Crippen LogP contribution is 2.19. The van der Waals surface area contributed by atoms with Gasteiger partial charge in [-0.3, -0.25) is 14.9 Å². The molecule has 0 unspecified atom stereocenters. The Morgan fingerprint density at radius 3 is 2.23 bits per heavy atom. The van der Waals surface area contributed by atoms with Crippen molar-refractivity contribution >= 4 is 29.2 Å². The van der Waals surface area contributed by atoms with Crippen LogP contribution >= 0.6 is 0 Å². The molecule has 0 saturated heterocycles. The van der Waals surface area contributed by atoms with E-state index in [-0.39, 0.29) is 11.3 Å². The lowest BCUT2D eigenvalue weighted by molar-refractivity contribution is -0.385. The van der Waals surface area contributed by atoms with Crippen LogP contribution in [0.3, 0.4) is 0 Å². The molecule has 1 amide bonds. The molecule has 0 aliphatic rings. The Morgan fingerprint density at radius 2 is 1.63 bits per heavy atom. The molecule has 2 aromatic rings. The molecule has 0 aromatic heterocycles. The molecule has 9 heteroatoms. The summed E-state index contributed by atoms with van der Waals surface area (Å²) >= 11 is 0. The normalized spacial score (nSPS) is 10.2. The molecule has 158 valence electrons. The van der Waals surface area contributed by atoms with Crippen LogP contribution in [0.2, 0.25) is 0 Å². The molecule has 0 aliphatic carbocycles. The van der Waals surface area contributed by atoms with E-state index in [1.807, 2.05) is 6.92 Å². The van der Waals surface area contributed by atoms with Gasteiger partial charge in [-0.2, -0.15) is 0 Å². The van der Waals surface area contributed by atoms with Crippen molar-refractivity contribution < 1.29 is 28.8 Å². The van der Waals surface area contributed by atoms with Gasteiger partial charge < -0.3 is 14.8 Å². The van der Waals surface area contributed by atoms with E-state index in [1.54, 1.807) is 0 Å². The second-order valence-electron chi connectivity index (χ2n) is 6.45. The summed E-state index contributed by atoms with van der Waals surface area (Å²) in [5, 5.41) is 13.4. The van der Waals surface area contributed by atoms with Gasteiger partial charge in [0.05, 0.1) is 22.7 Å². The number of nitrogens with zero attached hydrogens (tertiary/aromatic N) is 1. The second kappa shape index (κ2) is 10.7. The molecule has 0 saturated carbocycles. The Hall–Kier alpha value is -3.75. The molecule has 0 radical (unpaired) electrons. The van der Waals surface area contributed by atoms with Crippen molar-refractivity contribution in [3.05, 3.63) is 69.3 Å². The maximum Gasteiger partial charge on any atom is 0.338 e. The average molecular weight is 414 g/mol. The molecule has 9 nitrogen and oxygen atoms in total. The van der Waals surface area contributed by atoms with Crippen molar-refractivity contribution in [2.75, 3.05) is 18.5 Å². The molecule has 2 aromatic carbocycles. The van der Waals surface area contributed by atoms with E-state index in [4.69, 9.17) is 9.47 Å². The van der Waals surface area contributed by atoms with E-state index >= 15 is 0 Å². The average Bonchev–Trinajstić information content (AvgIpc) is 2.72. The highest BCUT2D eigenvalue weighted by Gasteiger charge is 2.16. The number of aryl methyl sites for hydroxylation is 1. The van der Waals surface area contributed by atoms with E-state index in [9.17, 15) is 24.5 Å². The maximum absolute atomic E-state index is 12.0. The van der Waals surface area contributed by atoms with Crippen LogP contribution in [0, 0.1) is 17.0 Å². The lowest BCUT2D eigenvalue weighted by Gasteiger charge is -2.08. The van der Waals surface area contributed by atoms with Crippen molar-refractivity contribution in [3.8, 4) is 0 Å². The van der Waals surface area contributed by atoms with Gasteiger partial charge in [0.2, 0.25) is 0 Å². The van der Waals surface area contributed by atoms with Crippen LogP contribution in [0.4, 0.5) is 11.4 Å². The lowest BCUT2D eigenvalue weighted by atomic mass is 10.1. The van der Waals surface area contributed by atoms with E-state index in [1.165, 1.54) is 49.4 Å². The van der Waals surface area contributed by atoms with Crippen LogP contribution in [0.25, 0.3) is 0 Å². The molecule has 0 spiro atoms. The SMILES string of the molecule is CCCCOC(=O)c1ccc(NC(=O)COC(=O)c2ccc([N+](=O)[O-])c(C)c2)cc1. The van der Waals surface area contributed by atoms with Gasteiger partial charge in [0.25, 0.3) is 11.6 Å². The number of hydrogen-bond acceptors (Lipinski definition) is 7. The van der Waals surface area contributed by atoms with Crippen molar-refractivity contribution in [2.24, 2.45) is 0 Å². The molecule has 2 rings (SSSR count). The summed E-state index contributed by atoms with van der Waals surface area (Å²) in [4.78, 5) is 46.1. The van der Waals surface area contributed by atoms with Gasteiger partial charge in [0.1, 0.15) is 0 Å². The number of rotatable bonds is 9. The number of esters is 2. The number of nitro benzene ring substituents is 1. The highest BCUT2D eigenvalue weighted by molar-refractivity contribution is 5.96. The Kier molecular flexibility index (Phi) is 8.04. The Morgan fingerprint density at radius 1 is 1.00 bits per heavy atom. The Bertz CT molecular complexity index is 939. The first-order valence-electron chi connectivity index (χ1n) is 9.31. The quantitative estimate of drug-likeness (QED) is 0.287. The van der Waals surface area contributed by atoms with Crippen molar-refractivity contribution in [1.82, 2.24) is 0 Å². The molecule has 0 fully saturated rings.